The normalized spacial score (nSPS) is 23.3. The number of carbonyl (C=O) groups excluding carboxylic acids is 2. The molecule has 0 aliphatic heterocycles. The first-order valence-corrected chi connectivity index (χ1v) is 10.2. The Morgan fingerprint density at radius 2 is 1.68 bits per heavy atom. The lowest BCUT2D eigenvalue weighted by molar-refractivity contribution is -0.131. The number of hydrogen-bond donors (Lipinski definition) is 2. The third kappa shape index (κ3) is 4.49. The molecule has 0 bridgehead atoms. The number of aliphatic hydroxyl groups is 1. The maximum absolute atomic E-state index is 12.9. The summed E-state index contributed by atoms with van der Waals surface area (Å²) < 4.78 is 10.8. The number of carbonyl (C=O) groups is 2. The van der Waals surface area contributed by atoms with E-state index in [2.05, 4.69) is 5.32 Å². The van der Waals surface area contributed by atoms with Crippen LogP contribution in [0.5, 0.6) is 11.5 Å². The lowest BCUT2D eigenvalue weighted by atomic mass is 9.64. The molecule has 3 rings (SSSR count). The predicted octanol–water partition coefficient (Wildman–Crippen LogP) is 4.10. The molecule has 6 heteroatoms. The molecule has 1 aliphatic carbocycles. The van der Waals surface area contributed by atoms with Crippen molar-refractivity contribution in [3.8, 4) is 11.5 Å². The van der Waals surface area contributed by atoms with Gasteiger partial charge < -0.3 is 19.9 Å². The van der Waals surface area contributed by atoms with Crippen molar-refractivity contribution in [1.29, 1.82) is 0 Å². The number of hydrogen-bond acceptors (Lipinski definition) is 6. The Morgan fingerprint density at radius 1 is 1.03 bits per heavy atom. The van der Waals surface area contributed by atoms with Crippen LogP contribution in [0.1, 0.15) is 38.7 Å². The second-order valence-electron chi connectivity index (χ2n) is 8.15. The summed E-state index contributed by atoms with van der Waals surface area (Å²) in [5.74, 6) is -0.713. The van der Waals surface area contributed by atoms with Crippen molar-refractivity contribution in [3.63, 3.8) is 0 Å². The Kier molecular flexibility index (Phi) is 6.51. The highest BCUT2D eigenvalue weighted by Crippen LogP contribution is 2.48. The van der Waals surface area contributed by atoms with Gasteiger partial charge >= 0.3 is 0 Å². The van der Waals surface area contributed by atoms with Crippen molar-refractivity contribution in [2.24, 2.45) is 5.92 Å². The molecule has 3 unspecified atom stereocenters. The minimum atomic E-state index is -1.35. The van der Waals surface area contributed by atoms with E-state index in [4.69, 9.17) is 9.47 Å². The molecule has 0 aromatic heterocycles. The molecule has 2 N–H and O–H groups in total. The number of nitrogens with one attached hydrogen (secondary N) is 1. The van der Waals surface area contributed by atoms with Gasteiger partial charge in [-0.1, -0.05) is 24.3 Å². The fourth-order valence-electron chi connectivity index (χ4n) is 4.59. The molecule has 0 spiro atoms. The molecule has 1 aliphatic rings. The number of para-hydroxylation sites is 1. The van der Waals surface area contributed by atoms with E-state index in [0.717, 1.165) is 5.69 Å². The molecule has 3 atom stereocenters. The van der Waals surface area contributed by atoms with Crippen molar-refractivity contribution in [2.75, 3.05) is 19.5 Å². The summed E-state index contributed by atoms with van der Waals surface area (Å²) in [5.41, 5.74) is 1.26. The number of Topliss-reactive ketones (excluding diaryl/α,β-unsaturated/α-hetero) is 2. The van der Waals surface area contributed by atoms with Gasteiger partial charge in [0, 0.05) is 29.3 Å². The lowest BCUT2D eigenvalue weighted by Crippen LogP contribution is -2.48. The van der Waals surface area contributed by atoms with Crippen molar-refractivity contribution < 1.29 is 24.2 Å². The number of methoxy groups -OCH3 is 2. The first kappa shape index (κ1) is 22.6. The molecule has 0 saturated heterocycles. The minimum Gasteiger partial charge on any atom is -0.493 e. The Morgan fingerprint density at radius 3 is 2.23 bits per heavy atom. The Balaban J connectivity index is 2.24. The summed E-state index contributed by atoms with van der Waals surface area (Å²) >= 11 is 0. The van der Waals surface area contributed by atoms with E-state index >= 15 is 0 Å². The van der Waals surface area contributed by atoms with E-state index in [1.807, 2.05) is 36.4 Å². The first-order valence-electron chi connectivity index (χ1n) is 10.2. The van der Waals surface area contributed by atoms with Gasteiger partial charge in [0.2, 0.25) is 0 Å². The van der Waals surface area contributed by atoms with Crippen LogP contribution in [0.15, 0.2) is 59.8 Å². The van der Waals surface area contributed by atoms with Gasteiger partial charge in [0.1, 0.15) is 5.78 Å². The Hall–Kier alpha value is -3.12. The molecule has 0 saturated carbocycles. The predicted molar refractivity (Wildman–Crippen MR) is 119 cm³/mol. The molecule has 164 valence electrons. The van der Waals surface area contributed by atoms with Gasteiger partial charge in [0.05, 0.1) is 25.7 Å². The standard InChI is InChI=1S/C25H29NO5/c1-15(27)22-19(26-18-9-7-6-8-10-18)14-25(3,29)24(16(2)28)23(22)17-11-12-20(30-4)21(13-17)31-5/h6-13,23-24,26,29H,14H2,1-5H3. The Bertz CT molecular complexity index is 1010. The average molecular weight is 424 g/mol. The molecular weight excluding hydrogens is 394 g/mol. The maximum atomic E-state index is 12.9. The lowest BCUT2D eigenvalue weighted by Gasteiger charge is -2.43. The number of benzene rings is 2. The third-order valence-electron chi connectivity index (χ3n) is 5.83. The molecule has 31 heavy (non-hydrogen) atoms. The summed E-state index contributed by atoms with van der Waals surface area (Å²) in [7, 11) is 3.08. The molecule has 0 fully saturated rings. The van der Waals surface area contributed by atoms with Crippen molar-refractivity contribution in [3.05, 3.63) is 65.4 Å². The highest BCUT2D eigenvalue weighted by atomic mass is 16.5. The third-order valence-corrected chi connectivity index (χ3v) is 5.83. The number of anilines is 1. The highest BCUT2D eigenvalue weighted by molar-refractivity contribution is 5.98. The number of allylic oxidation sites excluding steroid dienone is 1. The van der Waals surface area contributed by atoms with Crippen LogP contribution in [0.3, 0.4) is 0 Å². The van der Waals surface area contributed by atoms with E-state index in [0.29, 0.717) is 28.3 Å². The summed E-state index contributed by atoms with van der Waals surface area (Å²) in [6.07, 6.45) is 0.158. The number of rotatable bonds is 7. The zero-order valence-electron chi connectivity index (χ0n) is 18.6. The van der Waals surface area contributed by atoms with Gasteiger partial charge in [-0.25, -0.2) is 0 Å². The van der Waals surface area contributed by atoms with Crippen molar-refractivity contribution >= 4 is 17.3 Å². The van der Waals surface area contributed by atoms with Crippen LogP contribution in [-0.4, -0.2) is 36.5 Å². The van der Waals surface area contributed by atoms with E-state index in [-0.39, 0.29) is 18.0 Å². The van der Waals surface area contributed by atoms with Gasteiger partial charge in [-0.15, -0.1) is 0 Å². The molecular formula is C25H29NO5. The SMILES string of the molecule is COc1ccc(C2C(C(C)=O)=C(Nc3ccccc3)CC(C)(O)C2C(C)=O)cc1OC. The van der Waals surface area contributed by atoms with E-state index < -0.39 is 17.4 Å². The second-order valence-corrected chi connectivity index (χ2v) is 8.15. The van der Waals surface area contributed by atoms with E-state index in [9.17, 15) is 14.7 Å². The van der Waals surface area contributed by atoms with Crippen LogP contribution in [0.2, 0.25) is 0 Å². The second kappa shape index (κ2) is 8.94. The molecule has 0 radical (unpaired) electrons. The van der Waals surface area contributed by atoms with Gasteiger partial charge in [0.15, 0.2) is 17.3 Å². The molecule has 0 heterocycles. The van der Waals surface area contributed by atoms with Gasteiger partial charge in [-0.05, 0) is 50.6 Å². The number of ether oxygens (including phenoxy) is 2. The fraction of sp³-hybridized carbons (Fsp3) is 0.360. The summed E-state index contributed by atoms with van der Waals surface area (Å²) in [5, 5.41) is 14.7. The van der Waals surface area contributed by atoms with E-state index in [1.165, 1.54) is 21.0 Å². The van der Waals surface area contributed by atoms with Gasteiger partial charge in [-0.2, -0.15) is 0 Å². The fourth-order valence-corrected chi connectivity index (χ4v) is 4.59. The summed E-state index contributed by atoms with van der Waals surface area (Å²) in [4.78, 5) is 25.6. The van der Waals surface area contributed by atoms with Gasteiger partial charge in [-0.3, -0.25) is 9.59 Å². The quantitative estimate of drug-likeness (QED) is 0.697. The molecule has 6 nitrogen and oxygen atoms in total. The summed E-state index contributed by atoms with van der Waals surface area (Å²) in [6.45, 7) is 4.60. The monoisotopic (exact) mass is 423 g/mol. The van der Waals surface area contributed by atoms with E-state index in [1.54, 1.807) is 26.2 Å². The zero-order chi connectivity index (χ0) is 22.8. The first-order chi connectivity index (χ1) is 14.7. The largest absolute Gasteiger partial charge is 0.493 e. The molecule has 2 aromatic rings. The van der Waals surface area contributed by atoms with Crippen molar-refractivity contribution in [1.82, 2.24) is 0 Å². The van der Waals surface area contributed by atoms with Crippen LogP contribution in [0.25, 0.3) is 0 Å². The van der Waals surface area contributed by atoms with Crippen LogP contribution in [0.4, 0.5) is 5.69 Å². The number of ketones is 2. The Labute approximate surface area is 182 Å². The molecule has 0 amide bonds. The minimum absolute atomic E-state index is 0.153. The van der Waals surface area contributed by atoms with Crippen LogP contribution in [0, 0.1) is 5.92 Å². The van der Waals surface area contributed by atoms with Crippen LogP contribution >= 0.6 is 0 Å². The zero-order valence-corrected chi connectivity index (χ0v) is 18.6. The highest BCUT2D eigenvalue weighted by Gasteiger charge is 2.49. The summed E-state index contributed by atoms with van der Waals surface area (Å²) in [6, 6.07) is 14.8. The molecule has 2 aromatic carbocycles. The van der Waals surface area contributed by atoms with Crippen LogP contribution < -0.4 is 14.8 Å². The van der Waals surface area contributed by atoms with Crippen LogP contribution in [-0.2, 0) is 9.59 Å². The average Bonchev–Trinajstić information content (AvgIpc) is 2.72. The van der Waals surface area contributed by atoms with Crippen molar-refractivity contribution in [2.45, 2.75) is 38.7 Å². The topological polar surface area (TPSA) is 84.9 Å². The smallest absolute Gasteiger partial charge is 0.161 e. The van der Waals surface area contributed by atoms with Gasteiger partial charge in [0.25, 0.3) is 0 Å². The maximum Gasteiger partial charge on any atom is 0.161 e.